The number of rotatable bonds is 3. The Labute approximate surface area is 135 Å². The van der Waals surface area contributed by atoms with Crippen molar-refractivity contribution in [1.29, 1.82) is 0 Å². The van der Waals surface area contributed by atoms with Crippen LogP contribution >= 0.6 is 0 Å². The molecule has 1 aromatic heterocycles. The number of benzene rings is 1. The van der Waals surface area contributed by atoms with Crippen LogP contribution in [0, 0.1) is 0 Å². The highest BCUT2D eigenvalue weighted by atomic mass is 19.4. The zero-order valence-corrected chi connectivity index (χ0v) is 13.1. The maximum Gasteiger partial charge on any atom is 0.416 e. The molecule has 1 amide bonds. The topological polar surface area (TPSA) is 64.4 Å². The maximum absolute atomic E-state index is 12.8. The van der Waals surface area contributed by atoms with Crippen molar-refractivity contribution in [2.45, 2.75) is 6.18 Å². The average molecular weight is 341 g/mol. The first-order valence-electron chi connectivity index (χ1n) is 6.72. The van der Waals surface area contributed by atoms with Crippen LogP contribution in [0.25, 0.3) is 5.69 Å². The number of hydrogen-bond acceptors (Lipinski definition) is 4. The van der Waals surface area contributed by atoms with E-state index in [4.69, 9.17) is 4.74 Å². The molecule has 0 N–H and O–H groups in total. The Kier molecular flexibility index (Phi) is 4.63. The van der Waals surface area contributed by atoms with Crippen LogP contribution in [0.2, 0.25) is 0 Å². The average Bonchev–Trinajstić information content (AvgIpc) is 2.53. The summed E-state index contributed by atoms with van der Waals surface area (Å²) < 4.78 is 44.4. The van der Waals surface area contributed by atoms with Gasteiger partial charge < -0.3 is 9.64 Å². The third-order valence-electron chi connectivity index (χ3n) is 3.15. The molecule has 9 heteroatoms. The molecule has 0 saturated carbocycles. The normalized spacial score (nSPS) is 11.2. The Hall–Kier alpha value is -2.84. The fourth-order valence-electron chi connectivity index (χ4n) is 1.92. The molecule has 0 fully saturated rings. The molecule has 6 nitrogen and oxygen atoms in total. The number of methoxy groups -OCH3 is 1. The van der Waals surface area contributed by atoms with Gasteiger partial charge in [-0.3, -0.25) is 9.59 Å². The van der Waals surface area contributed by atoms with E-state index in [1.807, 2.05) is 0 Å². The number of carbonyl (C=O) groups is 1. The standard InChI is InChI=1S/C15H14F3N3O3/c1-20(2)14(23)12-13(22)11(24-3)8-21(19-12)10-6-4-5-9(7-10)15(16,17)18/h4-8H,1-3H3. The predicted molar refractivity (Wildman–Crippen MR) is 79.4 cm³/mol. The molecule has 0 aliphatic rings. The number of hydrogen-bond donors (Lipinski definition) is 0. The van der Waals surface area contributed by atoms with Crippen molar-refractivity contribution in [2.24, 2.45) is 0 Å². The molecule has 1 aromatic carbocycles. The van der Waals surface area contributed by atoms with E-state index in [0.717, 1.165) is 27.9 Å². The van der Waals surface area contributed by atoms with Gasteiger partial charge in [0.1, 0.15) is 0 Å². The van der Waals surface area contributed by atoms with Crippen LogP contribution in [-0.2, 0) is 6.18 Å². The quantitative estimate of drug-likeness (QED) is 0.856. The second-order valence-electron chi connectivity index (χ2n) is 5.07. The van der Waals surface area contributed by atoms with Crippen molar-refractivity contribution in [3.05, 3.63) is 51.9 Å². The van der Waals surface area contributed by atoms with Gasteiger partial charge in [-0.05, 0) is 18.2 Å². The highest BCUT2D eigenvalue weighted by Crippen LogP contribution is 2.30. The molecule has 24 heavy (non-hydrogen) atoms. The summed E-state index contributed by atoms with van der Waals surface area (Å²) in [6, 6.07) is 4.35. The van der Waals surface area contributed by atoms with E-state index < -0.39 is 28.8 Å². The summed E-state index contributed by atoms with van der Waals surface area (Å²) in [7, 11) is 4.08. The lowest BCUT2D eigenvalue weighted by Gasteiger charge is -2.14. The van der Waals surface area contributed by atoms with E-state index in [0.29, 0.717) is 0 Å². The molecule has 128 valence electrons. The second-order valence-corrected chi connectivity index (χ2v) is 5.07. The second kappa shape index (κ2) is 6.34. The Morgan fingerprint density at radius 1 is 1.29 bits per heavy atom. The highest BCUT2D eigenvalue weighted by Gasteiger charge is 2.30. The van der Waals surface area contributed by atoms with Crippen LogP contribution in [0.15, 0.2) is 35.3 Å². The third kappa shape index (κ3) is 3.39. The van der Waals surface area contributed by atoms with E-state index >= 15 is 0 Å². The molecule has 0 aliphatic carbocycles. The van der Waals surface area contributed by atoms with Gasteiger partial charge in [-0.2, -0.15) is 18.3 Å². The fourth-order valence-corrected chi connectivity index (χ4v) is 1.92. The smallest absolute Gasteiger partial charge is 0.416 e. The number of carbonyl (C=O) groups excluding carboxylic acids is 1. The number of amides is 1. The zero-order valence-electron chi connectivity index (χ0n) is 13.1. The molecule has 2 aromatic rings. The fraction of sp³-hybridized carbons (Fsp3) is 0.267. The highest BCUT2D eigenvalue weighted by molar-refractivity contribution is 5.92. The lowest BCUT2D eigenvalue weighted by molar-refractivity contribution is -0.137. The SMILES string of the molecule is COc1cn(-c2cccc(C(F)(F)F)c2)nc(C(=O)N(C)C)c1=O. The van der Waals surface area contributed by atoms with Crippen molar-refractivity contribution in [3.63, 3.8) is 0 Å². The third-order valence-corrected chi connectivity index (χ3v) is 3.15. The number of alkyl halides is 3. The minimum atomic E-state index is -4.53. The van der Waals surface area contributed by atoms with Gasteiger partial charge in [0.2, 0.25) is 0 Å². The number of ether oxygens (including phenoxy) is 1. The van der Waals surface area contributed by atoms with Crippen molar-refractivity contribution < 1.29 is 22.7 Å². The molecular formula is C15H14F3N3O3. The van der Waals surface area contributed by atoms with Gasteiger partial charge in [0, 0.05) is 14.1 Å². The summed E-state index contributed by atoms with van der Waals surface area (Å²) in [4.78, 5) is 25.3. The molecule has 0 spiro atoms. The first-order valence-corrected chi connectivity index (χ1v) is 6.72. The van der Waals surface area contributed by atoms with Gasteiger partial charge in [-0.1, -0.05) is 6.07 Å². The van der Waals surface area contributed by atoms with Crippen molar-refractivity contribution in [3.8, 4) is 11.4 Å². The lowest BCUT2D eigenvalue weighted by Crippen LogP contribution is -2.31. The van der Waals surface area contributed by atoms with Gasteiger partial charge in [0.25, 0.3) is 11.3 Å². The van der Waals surface area contributed by atoms with E-state index in [1.165, 1.54) is 33.3 Å². The summed E-state index contributed by atoms with van der Waals surface area (Å²) in [5.74, 6) is -0.882. The number of nitrogens with zero attached hydrogens (tertiary/aromatic N) is 3. The zero-order chi connectivity index (χ0) is 18.1. The summed E-state index contributed by atoms with van der Waals surface area (Å²) >= 11 is 0. The van der Waals surface area contributed by atoms with Crippen molar-refractivity contribution in [1.82, 2.24) is 14.7 Å². The Balaban J connectivity index is 2.66. The minimum absolute atomic E-state index is 0.0379. The molecule has 1 heterocycles. The largest absolute Gasteiger partial charge is 0.491 e. The summed E-state index contributed by atoms with van der Waals surface area (Å²) in [5, 5.41) is 3.86. The van der Waals surface area contributed by atoms with E-state index in [9.17, 15) is 22.8 Å². The lowest BCUT2D eigenvalue weighted by atomic mass is 10.2. The van der Waals surface area contributed by atoms with Crippen LogP contribution in [-0.4, -0.2) is 41.8 Å². The summed E-state index contributed by atoms with van der Waals surface area (Å²) in [6.45, 7) is 0. The first kappa shape index (κ1) is 17.5. The van der Waals surface area contributed by atoms with Crippen LogP contribution in [0.3, 0.4) is 0 Å². The van der Waals surface area contributed by atoms with E-state index in [1.54, 1.807) is 0 Å². The predicted octanol–water partition coefficient (Wildman–Crippen LogP) is 1.96. The van der Waals surface area contributed by atoms with Gasteiger partial charge in [0.15, 0.2) is 11.4 Å². The molecule has 2 rings (SSSR count). The number of halogens is 3. The first-order chi connectivity index (χ1) is 11.1. The maximum atomic E-state index is 12.8. The Bertz CT molecular complexity index is 829. The van der Waals surface area contributed by atoms with Crippen molar-refractivity contribution in [2.75, 3.05) is 21.2 Å². The van der Waals surface area contributed by atoms with Crippen LogP contribution in [0.4, 0.5) is 13.2 Å². The molecule has 0 bridgehead atoms. The minimum Gasteiger partial charge on any atom is -0.491 e. The van der Waals surface area contributed by atoms with Gasteiger partial charge in [-0.25, -0.2) is 4.68 Å². The summed E-state index contributed by atoms with van der Waals surface area (Å²) in [6.07, 6.45) is -3.40. The van der Waals surface area contributed by atoms with E-state index in [2.05, 4.69) is 5.10 Å². The molecule has 0 saturated heterocycles. The van der Waals surface area contributed by atoms with Crippen LogP contribution < -0.4 is 10.2 Å². The molecule has 0 aliphatic heterocycles. The van der Waals surface area contributed by atoms with Crippen LogP contribution in [0.5, 0.6) is 5.75 Å². The van der Waals surface area contributed by atoms with Gasteiger partial charge in [-0.15, -0.1) is 0 Å². The Morgan fingerprint density at radius 2 is 1.96 bits per heavy atom. The Morgan fingerprint density at radius 3 is 2.50 bits per heavy atom. The van der Waals surface area contributed by atoms with Crippen LogP contribution in [0.1, 0.15) is 16.1 Å². The molecular weight excluding hydrogens is 327 g/mol. The van der Waals surface area contributed by atoms with Crippen molar-refractivity contribution >= 4 is 5.91 Å². The van der Waals surface area contributed by atoms with Gasteiger partial charge in [0.05, 0.1) is 24.6 Å². The van der Waals surface area contributed by atoms with Gasteiger partial charge >= 0.3 is 6.18 Å². The van der Waals surface area contributed by atoms with E-state index in [-0.39, 0.29) is 11.4 Å². The molecule has 0 unspecified atom stereocenters. The monoisotopic (exact) mass is 341 g/mol. The number of aromatic nitrogens is 2. The summed E-state index contributed by atoms with van der Waals surface area (Å²) in [5.41, 5.74) is -2.02. The molecule has 0 radical (unpaired) electrons. The molecule has 0 atom stereocenters.